The number of piperidine rings is 1. The molecule has 0 amide bonds. The summed E-state index contributed by atoms with van der Waals surface area (Å²) in [6.07, 6.45) is 5.39. The van der Waals surface area contributed by atoms with Crippen LogP contribution in [-0.4, -0.2) is 28.2 Å². The van der Waals surface area contributed by atoms with Gasteiger partial charge in [-0.15, -0.1) is 0 Å². The van der Waals surface area contributed by atoms with E-state index in [1.165, 1.54) is 19.3 Å². The summed E-state index contributed by atoms with van der Waals surface area (Å²) in [5, 5.41) is 9.13. The summed E-state index contributed by atoms with van der Waals surface area (Å²) in [6, 6.07) is 0. The molecule has 100 valence electrons. The number of aliphatic hydroxyl groups excluding tert-OH is 1. The number of aliphatic hydroxyl groups is 1. The zero-order valence-corrected chi connectivity index (χ0v) is 11.6. The van der Waals surface area contributed by atoms with Gasteiger partial charge in [-0.25, -0.2) is 9.97 Å². The van der Waals surface area contributed by atoms with Gasteiger partial charge in [-0.1, -0.05) is 20.3 Å². The van der Waals surface area contributed by atoms with E-state index in [9.17, 15) is 0 Å². The number of aryl methyl sites for hydroxylation is 1. The molecular weight excluding hydrogens is 226 g/mol. The van der Waals surface area contributed by atoms with E-state index in [2.05, 4.69) is 28.7 Å². The Morgan fingerprint density at radius 2 is 2.06 bits per heavy atom. The largest absolute Gasteiger partial charge is 0.392 e. The first-order valence-corrected chi connectivity index (χ1v) is 6.76. The lowest BCUT2D eigenvalue weighted by atomic mass is 9.78. The second-order valence-electron chi connectivity index (χ2n) is 5.59. The van der Waals surface area contributed by atoms with Crippen LogP contribution in [-0.2, 0) is 6.61 Å². The van der Waals surface area contributed by atoms with Gasteiger partial charge in [-0.05, 0) is 25.2 Å². The van der Waals surface area contributed by atoms with Crippen LogP contribution in [0.5, 0.6) is 0 Å². The Morgan fingerprint density at radius 1 is 1.39 bits per heavy atom. The van der Waals surface area contributed by atoms with Crippen molar-refractivity contribution in [1.29, 1.82) is 0 Å². The molecular formula is C14H23N3O. The molecule has 2 heterocycles. The molecule has 4 nitrogen and oxygen atoms in total. The number of aromatic nitrogens is 2. The van der Waals surface area contributed by atoms with Gasteiger partial charge >= 0.3 is 0 Å². The molecule has 0 spiro atoms. The van der Waals surface area contributed by atoms with Crippen LogP contribution in [0.3, 0.4) is 0 Å². The number of hydrogen-bond donors (Lipinski definition) is 1. The zero-order chi connectivity index (χ0) is 13.2. The first kappa shape index (κ1) is 13.3. The van der Waals surface area contributed by atoms with Crippen LogP contribution >= 0.6 is 0 Å². The van der Waals surface area contributed by atoms with Crippen LogP contribution in [0.1, 0.15) is 44.4 Å². The summed E-state index contributed by atoms with van der Waals surface area (Å²) in [5.74, 6) is 0.808. The Labute approximate surface area is 109 Å². The van der Waals surface area contributed by atoms with Crippen LogP contribution in [0.4, 0.5) is 5.95 Å². The molecule has 0 radical (unpaired) electrons. The maximum atomic E-state index is 9.13. The molecule has 1 aliphatic rings. The van der Waals surface area contributed by atoms with E-state index in [0.29, 0.717) is 5.41 Å². The zero-order valence-electron chi connectivity index (χ0n) is 11.6. The molecule has 1 N–H and O–H groups in total. The average molecular weight is 249 g/mol. The third-order valence-electron chi connectivity index (χ3n) is 4.35. The third kappa shape index (κ3) is 2.64. The van der Waals surface area contributed by atoms with Crippen molar-refractivity contribution >= 4 is 5.95 Å². The molecule has 1 aliphatic heterocycles. The van der Waals surface area contributed by atoms with Gasteiger partial charge in [0.15, 0.2) is 0 Å². The molecule has 2 rings (SSSR count). The lowest BCUT2D eigenvalue weighted by Crippen LogP contribution is -2.39. The Kier molecular flexibility index (Phi) is 3.85. The SMILES string of the molecule is CCC1(C)CCN(c2ncc(CO)c(C)n2)CC1. The second kappa shape index (κ2) is 5.22. The molecule has 0 saturated carbocycles. The van der Waals surface area contributed by atoms with Crippen molar-refractivity contribution in [3.05, 3.63) is 17.5 Å². The maximum absolute atomic E-state index is 9.13. The minimum atomic E-state index is 0.0139. The van der Waals surface area contributed by atoms with E-state index in [1.54, 1.807) is 6.20 Å². The summed E-state index contributed by atoms with van der Waals surface area (Å²) >= 11 is 0. The standard InChI is InChI=1S/C14H23N3O/c1-4-14(3)5-7-17(8-6-14)13-15-9-12(10-18)11(2)16-13/h9,18H,4-8,10H2,1-3H3. The summed E-state index contributed by atoms with van der Waals surface area (Å²) in [6.45, 7) is 8.64. The van der Waals surface area contributed by atoms with Crippen LogP contribution in [0.15, 0.2) is 6.20 Å². The summed E-state index contributed by atoms with van der Waals surface area (Å²) in [7, 11) is 0. The normalized spacial score (nSPS) is 19.0. The molecule has 0 unspecified atom stereocenters. The van der Waals surface area contributed by atoms with Crippen LogP contribution < -0.4 is 4.90 Å². The number of hydrogen-bond acceptors (Lipinski definition) is 4. The van der Waals surface area contributed by atoms with E-state index in [-0.39, 0.29) is 6.61 Å². The number of anilines is 1. The quantitative estimate of drug-likeness (QED) is 0.893. The highest BCUT2D eigenvalue weighted by molar-refractivity contribution is 5.33. The maximum Gasteiger partial charge on any atom is 0.225 e. The van der Waals surface area contributed by atoms with Gasteiger partial charge in [0.05, 0.1) is 6.61 Å². The van der Waals surface area contributed by atoms with Crippen molar-refractivity contribution in [2.45, 2.75) is 46.6 Å². The number of nitrogens with zero attached hydrogens (tertiary/aromatic N) is 3. The first-order valence-electron chi connectivity index (χ1n) is 6.76. The lowest BCUT2D eigenvalue weighted by molar-refractivity contribution is 0.237. The first-order chi connectivity index (χ1) is 8.58. The molecule has 0 bridgehead atoms. The Balaban J connectivity index is 2.08. The topological polar surface area (TPSA) is 49.2 Å². The third-order valence-corrected chi connectivity index (χ3v) is 4.35. The minimum absolute atomic E-state index is 0.0139. The van der Waals surface area contributed by atoms with Crippen LogP contribution in [0, 0.1) is 12.3 Å². The van der Waals surface area contributed by atoms with Crippen molar-refractivity contribution in [3.8, 4) is 0 Å². The smallest absolute Gasteiger partial charge is 0.225 e. The van der Waals surface area contributed by atoms with Gasteiger partial charge in [0.25, 0.3) is 0 Å². The fraction of sp³-hybridized carbons (Fsp3) is 0.714. The Hall–Kier alpha value is -1.16. The molecule has 1 aromatic rings. The fourth-order valence-electron chi connectivity index (χ4n) is 2.39. The van der Waals surface area contributed by atoms with Crippen LogP contribution in [0.25, 0.3) is 0 Å². The molecule has 1 aromatic heterocycles. The van der Waals surface area contributed by atoms with Gasteiger partial charge in [-0.2, -0.15) is 0 Å². The van der Waals surface area contributed by atoms with E-state index >= 15 is 0 Å². The van der Waals surface area contributed by atoms with E-state index in [1.807, 2.05) is 6.92 Å². The summed E-state index contributed by atoms with van der Waals surface area (Å²) < 4.78 is 0. The van der Waals surface area contributed by atoms with Gasteiger partial charge in [-0.3, -0.25) is 0 Å². The van der Waals surface area contributed by atoms with Crippen molar-refractivity contribution in [2.24, 2.45) is 5.41 Å². The molecule has 1 fully saturated rings. The van der Waals surface area contributed by atoms with Gasteiger partial charge in [0.2, 0.25) is 5.95 Å². The predicted octanol–water partition coefficient (Wildman–Crippen LogP) is 2.29. The molecule has 0 aromatic carbocycles. The lowest BCUT2D eigenvalue weighted by Gasteiger charge is -2.38. The minimum Gasteiger partial charge on any atom is -0.392 e. The monoisotopic (exact) mass is 249 g/mol. The van der Waals surface area contributed by atoms with E-state index < -0.39 is 0 Å². The Bertz CT molecular complexity index is 412. The average Bonchev–Trinajstić information content (AvgIpc) is 2.39. The van der Waals surface area contributed by atoms with Crippen LogP contribution in [0.2, 0.25) is 0 Å². The molecule has 1 saturated heterocycles. The highest BCUT2D eigenvalue weighted by Crippen LogP contribution is 2.34. The predicted molar refractivity (Wildman–Crippen MR) is 72.5 cm³/mol. The fourth-order valence-corrected chi connectivity index (χ4v) is 2.39. The molecule has 0 aliphatic carbocycles. The van der Waals surface area contributed by atoms with Crippen molar-refractivity contribution in [1.82, 2.24) is 9.97 Å². The highest BCUT2D eigenvalue weighted by atomic mass is 16.3. The van der Waals surface area contributed by atoms with E-state index in [0.717, 1.165) is 30.3 Å². The number of rotatable bonds is 3. The molecule has 4 heteroatoms. The summed E-state index contributed by atoms with van der Waals surface area (Å²) in [5.41, 5.74) is 2.18. The van der Waals surface area contributed by atoms with E-state index in [4.69, 9.17) is 5.11 Å². The van der Waals surface area contributed by atoms with Crippen molar-refractivity contribution in [2.75, 3.05) is 18.0 Å². The second-order valence-corrected chi connectivity index (χ2v) is 5.59. The van der Waals surface area contributed by atoms with Crippen molar-refractivity contribution < 1.29 is 5.11 Å². The van der Waals surface area contributed by atoms with Gasteiger partial charge in [0.1, 0.15) is 0 Å². The highest BCUT2D eigenvalue weighted by Gasteiger charge is 2.29. The Morgan fingerprint density at radius 3 is 2.56 bits per heavy atom. The van der Waals surface area contributed by atoms with Gasteiger partial charge < -0.3 is 10.0 Å². The van der Waals surface area contributed by atoms with Gasteiger partial charge in [0, 0.05) is 30.5 Å². The molecule has 0 atom stereocenters. The molecule has 18 heavy (non-hydrogen) atoms. The summed E-state index contributed by atoms with van der Waals surface area (Å²) in [4.78, 5) is 11.1. The van der Waals surface area contributed by atoms with Crippen molar-refractivity contribution in [3.63, 3.8) is 0 Å².